The molecule has 0 unspecified atom stereocenters. The molecular weight excluding hydrogens is 283 g/mol. The minimum Gasteiger partial charge on any atom is -0.369 e. The van der Waals surface area contributed by atoms with Crippen LogP contribution in [0.5, 0.6) is 0 Å². The number of hydrogen-bond acceptors (Lipinski definition) is 2. The molecule has 5 N–H and O–H groups in total. The van der Waals surface area contributed by atoms with Crippen LogP contribution in [-0.2, 0) is 0 Å². The van der Waals surface area contributed by atoms with E-state index >= 15 is 0 Å². The number of benzene rings is 1. The number of amides is 2. The zero-order valence-electron chi connectivity index (χ0n) is 7.50. The van der Waals surface area contributed by atoms with Gasteiger partial charge in [0.05, 0.1) is 10.7 Å². The molecule has 0 atom stereocenters. The molecule has 0 aliphatic rings. The first-order valence-corrected chi connectivity index (χ1v) is 4.99. The summed E-state index contributed by atoms with van der Waals surface area (Å²) in [6.45, 7) is 0. The van der Waals surface area contributed by atoms with Crippen molar-refractivity contribution in [3.8, 4) is 0 Å². The lowest BCUT2D eigenvalue weighted by atomic mass is 10.3. The van der Waals surface area contributed by atoms with Crippen molar-refractivity contribution in [3.63, 3.8) is 0 Å². The number of carbonyl (C=O) groups is 1. The Kier molecular flexibility index (Phi) is 3.54. The van der Waals surface area contributed by atoms with Crippen LogP contribution in [0.15, 0.2) is 22.7 Å². The third kappa shape index (κ3) is 2.60. The molecule has 2 amide bonds. The fraction of sp³-hybridized carbons (Fsp3) is 0. The molecule has 7 heteroatoms. The molecule has 15 heavy (non-hydrogen) atoms. The first-order valence-electron chi connectivity index (χ1n) is 3.82. The van der Waals surface area contributed by atoms with Crippen molar-refractivity contribution in [1.29, 1.82) is 5.41 Å². The van der Waals surface area contributed by atoms with E-state index in [9.17, 15) is 4.79 Å². The van der Waals surface area contributed by atoms with Gasteiger partial charge in [0.1, 0.15) is 0 Å². The second-order valence-electron chi connectivity index (χ2n) is 2.66. The average molecular weight is 292 g/mol. The van der Waals surface area contributed by atoms with Crippen molar-refractivity contribution in [1.82, 2.24) is 0 Å². The number of nitrogens with one attached hydrogen (secondary N) is 1. The van der Waals surface area contributed by atoms with Crippen LogP contribution in [0.25, 0.3) is 0 Å². The van der Waals surface area contributed by atoms with E-state index in [1.807, 2.05) is 0 Å². The first kappa shape index (κ1) is 11.8. The molecule has 5 nitrogen and oxygen atoms in total. The summed E-state index contributed by atoms with van der Waals surface area (Å²) in [7, 11) is 0. The highest BCUT2D eigenvalue weighted by atomic mass is 79.9. The van der Waals surface area contributed by atoms with Crippen LogP contribution in [0.3, 0.4) is 0 Å². The lowest BCUT2D eigenvalue weighted by molar-refractivity contribution is 0.256. The Hall–Kier alpha value is -1.27. The summed E-state index contributed by atoms with van der Waals surface area (Å²) >= 11 is 8.97. The summed E-state index contributed by atoms with van der Waals surface area (Å²) in [5, 5.41) is 7.69. The predicted octanol–water partition coefficient (Wildman–Crippen LogP) is 1.88. The molecule has 0 fully saturated rings. The number of hydrogen-bond donors (Lipinski definition) is 3. The van der Waals surface area contributed by atoms with Gasteiger partial charge in [0, 0.05) is 4.47 Å². The maximum atomic E-state index is 11.0. The highest BCUT2D eigenvalue weighted by molar-refractivity contribution is 9.10. The summed E-state index contributed by atoms with van der Waals surface area (Å²) in [6, 6.07) is 3.84. The van der Waals surface area contributed by atoms with E-state index in [1.165, 1.54) is 0 Å². The Morgan fingerprint density at radius 3 is 2.47 bits per heavy atom. The summed E-state index contributed by atoms with van der Waals surface area (Å²) < 4.78 is 0.592. The van der Waals surface area contributed by atoms with E-state index in [-0.39, 0.29) is 0 Å². The molecule has 1 aromatic carbocycles. The second kappa shape index (κ2) is 4.50. The smallest absolute Gasteiger partial charge is 0.326 e. The zero-order valence-corrected chi connectivity index (χ0v) is 9.84. The Morgan fingerprint density at radius 1 is 1.47 bits per heavy atom. The molecule has 0 aliphatic carbocycles. The predicted molar refractivity (Wildman–Crippen MR) is 63.1 cm³/mol. The lowest BCUT2D eigenvalue weighted by Gasteiger charge is -2.18. The molecule has 0 saturated heterocycles. The largest absolute Gasteiger partial charge is 0.369 e. The monoisotopic (exact) mass is 290 g/mol. The van der Waals surface area contributed by atoms with Gasteiger partial charge in [-0.3, -0.25) is 5.41 Å². The number of primary amides is 1. The van der Waals surface area contributed by atoms with Gasteiger partial charge in [-0.05, 0) is 34.1 Å². The van der Waals surface area contributed by atoms with Crippen LogP contribution >= 0.6 is 27.5 Å². The van der Waals surface area contributed by atoms with Crippen LogP contribution in [0.2, 0.25) is 5.02 Å². The van der Waals surface area contributed by atoms with E-state index < -0.39 is 12.0 Å². The van der Waals surface area contributed by atoms with E-state index in [1.54, 1.807) is 18.2 Å². The Labute approximate surface area is 99.6 Å². The third-order valence-electron chi connectivity index (χ3n) is 1.62. The van der Waals surface area contributed by atoms with Gasteiger partial charge in [-0.2, -0.15) is 0 Å². The standard InChI is InChI=1S/C8H8BrClN4O/c9-5-3-4(1-2-6(5)10)14(7(11)12)8(13)15/h1-3H,(H3,11,12)(H2,13,15). The van der Waals surface area contributed by atoms with Gasteiger partial charge in [0.25, 0.3) is 0 Å². The van der Waals surface area contributed by atoms with Crippen LogP contribution in [-0.4, -0.2) is 12.0 Å². The molecule has 0 aliphatic heterocycles. The van der Waals surface area contributed by atoms with Crippen LogP contribution in [0.1, 0.15) is 0 Å². The maximum Gasteiger partial charge on any atom is 0.326 e. The molecule has 0 radical (unpaired) electrons. The van der Waals surface area contributed by atoms with Gasteiger partial charge in [0.15, 0.2) is 0 Å². The van der Waals surface area contributed by atoms with Gasteiger partial charge < -0.3 is 11.5 Å². The number of nitrogens with two attached hydrogens (primary N) is 2. The van der Waals surface area contributed by atoms with Crippen LogP contribution in [0.4, 0.5) is 10.5 Å². The lowest BCUT2D eigenvalue weighted by Crippen LogP contribution is -2.44. The van der Waals surface area contributed by atoms with E-state index in [2.05, 4.69) is 15.9 Å². The molecule has 0 saturated carbocycles. The number of urea groups is 1. The molecule has 1 aromatic rings. The van der Waals surface area contributed by atoms with Crippen molar-refractivity contribution in [2.24, 2.45) is 11.5 Å². The normalized spacial score (nSPS) is 9.73. The zero-order chi connectivity index (χ0) is 11.6. The maximum absolute atomic E-state index is 11.0. The molecule has 0 bridgehead atoms. The molecule has 0 heterocycles. The number of halogens is 2. The van der Waals surface area contributed by atoms with Crippen molar-refractivity contribution in [2.45, 2.75) is 0 Å². The van der Waals surface area contributed by atoms with Crippen molar-refractivity contribution < 1.29 is 4.79 Å². The van der Waals surface area contributed by atoms with Crippen molar-refractivity contribution in [2.75, 3.05) is 4.90 Å². The van der Waals surface area contributed by atoms with E-state index in [0.717, 1.165) is 4.90 Å². The van der Waals surface area contributed by atoms with Gasteiger partial charge >= 0.3 is 6.03 Å². The Balaban J connectivity index is 3.18. The van der Waals surface area contributed by atoms with Crippen molar-refractivity contribution in [3.05, 3.63) is 27.7 Å². The highest BCUT2D eigenvalue weighted by Gasteiger charge is 2.16. The SMILES string of the molecule is N=C(N)N(C(N)=O)c1ccc(Cl)c(Br)c1. The summed E-state index contributed by atoms with van der Waals surface area (Å²) in [5.74, 6) is -0.447. The summed E-state index contributed by atoms with van der Waals surface area (Å²) in [4.78, 5) is 11.9. The Morgan fingerprint density at radius 2 is 2.07 bits per heavy atom. The first-order chi connectivity index (χ1) is 6.93. The number of rotatable bonds is 1. The molecule has 80 valence electrons. The van der Waals surface area contributed by atoms with Crippen LogP contribution in [0, 0.1) is 5.41 Å². The topological polar surface area (TPSA) is 96.2 Å². The highest BCUT2D eigenvalue weighted by Crippen LogP contribution is 2.27. The van der Waals surface area contributed by atoms with Gasteiger partial charge in [-0.15, -0.1) is 0 Å². The third-order valence-corrected chi connectivity index (χ3v) is 2.84. The van der Waals surface area contributed by atoms with E-state index in [0.29, 0.717) is 15.2 Å². The van der Waals surface area contributed by atoms with Crippen molar-refractivity contribution >= 4 is 45.2 Å². The minimum atomic E-state index is -0.822. The molecular formula is C8H8BrClN4O. The number of nitrogens with zero attached hydrogens (tertiary/aromatic N) is 1. The van der Waals surface area contributed by atoms with E-state index in [4.69, 9.17) is 28.5 Å². The fourth-order valence-corrected chi connectivity index (χ4v) is 1.49. The van der Waals surface area contributed by atoms with Crippen LogP contribution < -0.4 is 16.4 Å². The molecule has 0 spiro atoms. The summed E-state index contributed by atoms with van der Waals surface area (Å²) in [5.41, 5.74) is 10.7. The molecule has 0 aromatic heterocycles. The molecule has 1 rings (SSSR count). The summed E-state index contributed by atoms with van der Waals surface area (Å²) in [6.07, 6.45) is 0. The minimum absolute atomic E-state index is 0.381. The average Bonchev–Trinajstić information content (AvgIpc) is 2.10. The Bertz CT molecular complexity index is 409. The van der Waals surface area contributed by atoms with Gasteiger partial charge in [-0.1, -0.05) is 11.6 Å². The number of anilines is 1. The number of guanidine groups is 1. The number of carbonyl (C=O) groups excluding carboxylic acids is 1. The second-order valence-corrected chi connectivity index (χ2v) is 3.92. The van der Waals surface area contributed by atoms with Gasteiger partial charge in [-0.25, -0.2) is 9.69 Å². The quantitative estimate of drug-likeness (QED) is 0.544. The fourth-order valence-electron chi connectivity index (χ4n) is 1.01. The van der Waals surface area contributed by atoms with Gasteiger partial charge in [0.2, 0.25) is 5.96 Å².